The monoisotopic (exact) mass is 501 g/mol. The number of likely N-dealkylation sites (N-methyl/N-ethyl adjacent to an activating group) is 1. The Bertz CT molecular complexity index is 1180. The molecule has 0 bridgehead atoms. The van der Waals surface area contributed by atoms with Gasteiger partial charge in [-0.05, 0) is 11.6 Å². The van der Waals surface area contributed by atoms with E-state index in [2.05, 4.69) is 5.32 Å². The van der Waals surface area contributed by atoms with Crippen LogP contribution >= 0.6 is 0 Å². The minimum absolute atomic E-state index is 0.0165. The summed E-state index contributed by atoms with van der Waals surface area (Å²) in [4.78, 5) is 53.3. The predicted molar refractivity (Wildman–Crippen MR) is 122 cm³/mol. The molecule has 2 aromatic rings. The fourth-order valence-corrected chi connectivity index (χ4v) is 4.52. The fraction of sp³-hybridized carbons (Fsp3) is 0.333. The maximum Gasteiger partial charge on any atom is 0.334 e. The van der Waals surface area contributed by atoms with Gasteiger partial charge in [0.15, 0.2) is 0 Å². The van der Waals surface area contributed by atoms with Gasteiger partial charge in [0.1, 0.15) is 23.8 Å². The van der Waals surface area contributed by atoms with E-state index in [0.717, 1.165) is 16.5 Å². The van der Waals surface area contributed by atoms with Crippen LogP contribution in [0, 0.1) is 11.6 Å². The van der Waals surface area contributed by atoms with Crippen LogP contribution in [-0.4, -0.2) is 81.1 Å². The van der Waals surface area contributed by atoms with E-state index >= 15 is 0 Å². The lowest BCUT2D eigenvalue weighted by molar-refractivity contribution is -0.189. The van der Waals surface area contributed by atoms with Crippen LogP contribution in [0.5, 0.6) is 0 Å². The van der Waals surface area contributed by atoms with E-state index in [0.29, 0.717) is 6.07 Å². The Morgan fingerprint density at radius 2 is 1.83 bits per heavy atom. The summed E-state index contributed by atoms with van der Waals surface area (Å²) in [5.74, 6) is -4.17. The van der Waals surface area contributed by atoms with Crippen molar-refractivity contribution in [2.75, 3.05) is 20.1 Å². The van der Waals surface area contributed by atoms with Gasteiger partial charge in [-0.2, -0.15) is 0 Å². The Labute approximate surface area is 205 Å². The van der Waals surface area contributed by atoms with Gasteiger partial charge < -0.3 is 20.2 Å². The van der Waals surface area contributed by atoms with Crippen LogP contribution in [0.4, 0.5) is 13.6 Å². The first-order valence-electron chi connectivity index (χ1n) is 11.2. The quantitative estimate of drug-likeness (QED) is 0.619. The molecule has 2 fully saturated rings. The van der Waals surface area contributed by atoms with E-state index in [1.165, 1.54) is 28.0 Å². The minimum atomic E-state index is -1.39. The molecular formula is C24H25F2N5O5. The summed E-state index contributed by atoms with van der Waals surface area (Å²) < 4.78 is 27.7. The molecule has 36 heavy (non-hydrogen) atoms. The molecule has 4 amide bonds. The van der Waals surface area contributed by atoms with E-state index in [1.807, 2.05) is 30.3 Å². The zero-order valence-corrected chi connectivity index (χ0v) is 19.4. The van der Waals surface area contributed by atoms with Gasteiger partial charge in [-0.15, -0.1) is 0 Å². The smallest absolute Gasteiger partial charge is 0.334 e. The number of carbonyl (C=O) groups excluding carboxylic acids is 3. The summed E-state index contributed by atoms with van der Waals surface area (Å²) in [5.41, 5.74) is 0.859. The van der Waals surface area contributed by atoms with Crippen molar-refractivity contribution < 1.29 is 33.1 Å². The number of carboxylic acid groups (broad SMARTS) is 1. The Kier molecular flexibility index (Phi) is 7.15. The molecule has 0 spiro atoms. The number of halogens is 2. The maximum atomic E-state index is 14.3. The summed E-state index contributed by atoms with van der Waals surface area (Å²) in [5, 5.41) is 14.9. The molecule has 2 aromatic carbocycles. The van der Waals surface area contributed by atoms with Gasteiger partial charge in [0.25, 0.3) is 0 Å². The molecule has 2 aliphatic heterocycles. The number of hydrogen-bond acceptors (Lipinski definition) is 5. The predicted octanol–water partition coefficient (Wildman–Crippen LogP) is 1.38. The van der Waals surface area contributed by atoms with Crippen molar-refractivity contribution in [2.24, 2.45) is 0 Å². The molecule has 0 radical (unpaired) electrons. The molecule has 10 nitrogen and oxygen atoms in total. The summed E-state index contributed by atoms with van der Waals surface area (Å²) in [6, 6.07) is 10.1. The van der Waals surface area contributed by atoms with Gasteiger partial charge in [-0.1, -0.05) is 36.4 Å². The Hall–Kier alpha value is -4.06. The van der Waals surface area contributed by atoms with E-state index < -0.39 is 54.1 Å². The van der Waals surface area contributed by atoms with Crippen molar-refractivity contribution >= 4 is 23.8 Å². The number of aliphatic carboxylic acids is 1. The number of hydrogen-bond donors (Lipinski definition) is 2. The number of hydrazine groups is 1. The number of urea groups is 1. The molecule has 2 saturated heterocycles. The summed E-state index contributed by atoms with van der Waals surface area (Å²) in [7, 11) is 1.53. The van der Waals surface area contributed by atoms with Gasteiger partial charge in [0.05, 0.1) is 19.5 Å². The number of carbonyl (C=O) groups is 4. The van der Waals surface area contributed by atoms with Crippen molar-refractivity contribution in [2.45, 2.75) is 31.7 Å². The highest BCUT2D eigenvalue weighted by Gasteiger charge is 2.51. The second-order valence-corrected chi connectivity index (χ2v) is 8.65. The molecular weight excluding hydrogens is 476 g/mol. The number of piperazine rings is 1. The lowest BCUT2D eigenvalue weighted by Gasteiger charge is -2.54. The third-order valence-electron chi connectivity index (χ3n) is 6.18. The molecule has 0 aliphatic carbocycles. The number of nitrogens with one attached hydrogen (secondary N) is 1. The highest BCUT2D eigenvalue weighted by molar-refractivity contribution is 5.93. The maximum absolute atomic E-state index is 14.3. The van der Waals surface area contributed by atoms with E-state index in [4.69, 9.17) is 0 Å². The highest BCUT2D eigenvalue weighted by atomic mass is 19.1. The number of benzene rings is 2. The third kappa shape index (κ3) is 5.13. The van der Waals surface area contributed by atoms with Crippen LogP contribution in [0.25, 0.3) is 0 Å². The number of nitrogens with zero attached hydrogens (tertiary/aromatic N) is 4. The molecule has 4 rings (SSSR count). The number of carboxylic acids is 1. The summed E-state index contributed by atoms with van der Waals surface area (Å²) in [6.45, 7) is -0.526. The van der Waals surface area contributed by atoms with Gasteiger partial charge in [-0.3, -0.25) is 14.4 Å². The van der Waals surface area contributed by atoms with E-state index in [-0.39, 0.29) is 31.7 Å². The molecule has 190 valence electrons. The number of fused-ring (bicyclic) bond motifs is 1. The lowest BCUT2D eigenvalue weighted by Crippen LogP contribution is -2.76. The number of amides is 4. The SMILES string of the molecule is CN1CC(=O)N2[C@@H](CC(=O)O)C(=O)N(Cc3ccc(F)cc3F)C[C@@H]2N1C(=O)NCc1ccccc1. The van der Waals surface area contributed by atoms with Crippen molar-refractivity contribution in [3.05, 3.63) is 71.3 Å². The van der Waals surface area contributed by atoms with Crippen LogP contribution in [0.1, 0.15) is 17.5 Å². The fourth-order valence-electron chi connectivity index (χ4n) is 4.52. The molecule has 0 aromatic heterocycles. The van der Waals surface area contributed by atoms with Crippen LogP contribution < -0.4 is 5.32 Å². The average Bonchev–Trinajstić information content (AvgIpc) is 2.82. The molecule has 2 N–H and O–H groups in total. The minimum Gasteiger partial charge on any atom is -0.481 e. The Balaban J connectivity index is 1.63. The zero-order valence-electron chi connectivity index (χ0n) is 19.4. The first-order valence-corrected chi connectivity index (χ1v) is 11.2. The standard InChI is InChI=1S/C24H25F2N5O5/c1-28-14-21(32)30-19(10-22(33)34)23(35)29(12-16-7-8-17(25)9-18(16)26)13-20(30)31(28)24(36)27-11-15-5-3-2-4-6-15/h2-9,19-20H,10-14H2,1H3,(H,27,36)(H,33,34)/t19-,20-/m0/s1. The molecule has 2 heterocycles. The normalized spacial score (nSPS) is 20.4. The van der Waals surface area contributed by atoms with Gasteiger partial charge in [-0.25, -0.2) is 23.6 Å². The molecule has 12 heteroatoms. The molecule has 2 aliphatic rings. The van der Waals surface area contributed by atoms with Crippen molar-refractivity contribution in [1.82, 2.24) is 25.1 Å². The van der Waals surface area contributed by atoms with Crippen LogP contribution in [0.2, 0.25) is 0 Å². The highest BCUT2D eigenvalue weighted by Crippen LogP contribution is 2.28. The van der Waals surface area contributed by atoms with Crippen LogP contribution in [-0.2, 0) is 27.5 Å². The largest absolute Gasteiger partial charge is 0.481 e. The average molecular weight is 501 g/mol. The first-order chi connectivity index (χ1) is 17.2. The lowest BCUT2D eigenvalue weighted by atomic mass is 10.0. The Morgan fingerprint density at radius 1 is 1.11 bits per heavy atom. The molecule has 0 unspecified atom stereocenters. The van der Waals surface area contributed by atoms with Crippen LogP contribution in [0.15, 0.2) is 48.5 Å². The first kappa shape index (κ1) is 25.0. The zero-order chi connectivity index (χ0) is 26.0. The summed E-state index contributed by atoms with van der Waals surface area (Å²) >= 11 is 0. The van der Waals surface area contributed by atoms with Gasteiger partial charge in [0, 0.05) is 31.8 Å². The third-order valence-corrected chi connectivity index (χ3v) is 6.18. The topological polar surface area (TPSA) is 114 Å². The van der Waals surface area contributed by atoms with Crippen molar-refractivity contribution in [3.63, 3.8) is 0 Å². The van der Waals surface area contributed by atoms with E-state index in [1.54, 1.807) is 0 Å². The van der Waals surface area contributed by atoms with Gasteiger partial charge in [0.2, 0.25) is 11.8 Å². The Morgan fingerprint density at radius 3 is 2.50 bits per heavy atom. The van der Waals surface area contributed by atoms with Crippen LogP contribution in [0.3, 0.4) is 0 Å². The summed E-state index contributed by atoms with van der Waals surface area (Å²) in [6.07, 6.45) is -1.72. The number of rotatable bonds is 6. The van der Waals surface area contributed by atoms with Crippen molar-refractivity contribution in [1.29, 1.82) is 0 Å². The molecule has 2 atom stereocenters. The van der Waals surface area contributed by atoms with E-state index in [9.17, 15) is 33.1 Å². The van der Waals surface area contributed by atoms with Gasteiger partial charge >= 0.3 is 12.0 Å². The molecule has 0 saturated carbocycles. The second-order valence-electron chi connectivity index (χ2n) is 8.65. The second kappa shape index (κ2) is 10.3. The van der Waals surface area contributed by atoms with Crippen molar-refractivity contribution in [3.8, 4) is 0 Å².